The molecule has 0 bridgehead atoms. The predicted octanol–water partition coefficient (Wildman–Crippen LogP) is 1.82. The van der Waals surface area contributed by atoms with E-state index in [1.54, 1.807) is 6.08 Å². The van der Waals surface area contributed by atoms with Crippen LogP contribution in [0.1, 0.15) is 23.1 Å². The van der Waals surface area contributed by atoms with E-state index >= 15 is 0 Å². The number of fused-ring (bicyclic) bond motifs is 1. The third kappa shape index (κ3) is 2.70. The molecule has 0 aromatic heterocycles. The van der Waals surface area contributed by atoms with E-state index in [-0.39, 0.29) is 6.42 Å². The van der Waals surface area contributed by atoms with Crippen LogP contribution in [-0.2, 0) is 17.8 Å². The van der Waals surface area contributed by atoms with Crippen molar-refractivity contribution in [2.24, 2.45) is 0 Å². The lowest BCUT2D eigenvalue weighted by Crippen LogP contribution is -2.23. The summed E-state index contributed by atoms with van der Waals surface area (Å²) in [5, 5.41) is 11.8. The second kappa shape index (κ2) is 4.94. The number of hydrogen-bond donors (Lipinski definition) is 2. The van der Waals surface area contributed by atoms with Gasteiger partial charge in [0, 0.05) is 6.54 Å². The van der Waals surface area contributed by atoms with Crippen molar-refractivity contribution in [2.45, 2.75) is 19.4 Å². The molecule has 1 aliphatic rings. The number of nitrogens with one attached hydrogen (secondary N) is 1. The molecule has 0 saturated carbocycles. The van der Waals surface area contributed by atoms with Crippen LogP contribution in [0.2, 0.25) is 0 Å². The first kappa shape index (κ1) is 10.9. The molecule has 0 unspecified atom stereocenters. The van der Waals surface area contributed by atoms with Crippen LogP contribution in [0.4, 0.5) is 0 Å². The summed E-state index contributed by atoms with van der Waals surface area (Å²) >= 11 is 0. The maximum atomic E-state index is 10.4. The van der Waals surface area contributed by atoms with E-state index in [1.165, 1.54) is 11.1 Å². The van der Waals surface area contributed by atoms with E-state index in [0.29, 0.717) is 0 Å². The average Bonchev–Trinajstić information content (AvgIpc) is 2.28. The lowest BCUT2D eigenvalue weighted by molar-refractivity contribution is -0.135. The van der Waals surface area contributed by atoms with Crippen LogP contribution in [0.25, 0.3) is 6.08 Å². The Morgan fingerprint density at radius 1 is 1.44 bits per heavy atom. The van der Waals surface area contributed by atoms with Crippen molar-refractivity contribution in [3.8, 4) is 0 Å². The molecule has 3 heteroatoms. The van der Waals surface area contributed by atoms with Crippen LogP contribution in [0.15, 0.2) is 24.3 Å². The average molecular weight is 217 g/mol. The van der Waals surface area contributed by atoms with Gasteiger partial charge in [0.25, 0.3) is 0 Å². The highest BCUT2D eigenvalue weighted by molar-refractivity contribution is 5.70. The maximum Gasteiger partial charge on any atom is 0.307 e. The number of carbonyl (C=O) groups is 1. The molecule has 0 spiro atoms. The van der Waals surface area contributed by atoms with Crippen molar-refractivity contribution in [1.82, 2.24) is 5.32 Å². The van der Waals surface area contributed by atoms with Crippen molar-refractivity contribution >= 4 is 12.0 Å². The fourth-order valence-corrected chi connectivity index (χ4v) is 1.90. The third-order valence-corrected chi connectivity index (χ3v) is 2.72. The quantitative estimate of drug-likeness (QED) is 0.812. The fourth-order valence-electron chi connectivity index (χ4n) is 1.90. The Balaban J connectivity index is 2.11. The summed E-state index contributed by atoms with van der Waals surface area (Å²) in [6.45, 7) is 1.96. The van der Waals surface area contributed by atoms with Gasteiger partial charge < -0.3 is 10.4 Å². The zero-order chi connectivity index (χ0) is 11.4. The van der Waals surface area contributed by atoms with Crippen molar-refractivity contribution in [1.29, 1.82) is 0 Å². The first-order chi connectivity index (χ1) is 7.75. The largest absolute Gasteiger partial charge is 0.481 e. The summed E-state index contributed by atoms with van der Waals surface area (Å²) in [6, 6.07) is 6.30. The Labute approximate surface area is 94.8 Å². The molecule has 0 saturated heterocycles. The molecular weight excluding hydrogens is 202 g/mol. The molecule has 1 heterocycles. The monoisotopic (exact) mass is 217 g/mol. The van der Waals surface area contributed by atoms with Crippen LogP contribution in [0.3, 0.4) is 0 Å². The summed E-state index contributed by atoms with van der Waals surface area (Å²) < 4.78 is 0. The molecule has 2 rings (SSSR count). The number of carboxylic acid groups (broad SMARTS) is 1. The van der Waals surface area contributed by atoms with Crippen LogP contribution in [0, 0.1) is 0 Å². The highest BCUT2D eigenvalue weighted by atomic mass is 16.4. The maximum absolute atomic E-state index is 10.4. The van der Waals surface area contributed by atoms with Crippen molar-refractivity contribution in [2.75, 3.05) is 6.54 Å². The van der Waals surface area contributed by atoms with E-state index in [2.05, 4.69) is 17.4 Å². The topological polar surface area (TPSA) is 49.3 Å². The zero-order valence-corrected chi connectivity index (χ0v) is 9.07. The summed E-state index contributed by atoms with van der Waals surface area (Å²) in [4.78, 5) is 10.4. The van der Waals surface area contributed by atoms with E-state index in [1.807, 2.05) is 12.1 Å². The molecule has 0 aliphatic carbocycles. The number of hydrogen-bond acceptors (Lipinski definition) is 2. The predicted molar refractivity (Wildman–Crippen MR) is 63.1 cm³/mol. The van der Waals surface area contributed by atoms with Crippen LogP contribution in [0.5, 0.6) is 0 Å². The molecule has 2 N–H and O–H groups in total. The molecule has 84 valence electrons. The minimum Gasteiger partial charge on any atom is -0.481 e. The van der Waals surface area contributed by atoms with Gasteiger partial charge in [-0.15, -0.1) is 0 Å². The number of rotatable bonds is 3. The molecule has 0 atom stereocenters. The first-order valence-electron chi connectivity index (χ1n) is 5.46. The van der Waals surface area contributed by atoms with Crippen molar-refractivity contribution < 1.29 is 9.90 Å². The Morgan fingerprint density at radius 3 is 3.12 bits per heavy atom. The normalized spacial score (nSPS) is 15.0. The molecule has 1 aliphatic heterocycles. The van der Waals surface area contributed by atoms with Crippen LogP contribution in [-0.4, -0.2) is 17.6 Å². The van der Waals surface area contributed by atoms with Gasteiger partial charge in [0.1, 0.15) is 0 Å². The highest BCUT2D eigenvalue weighted by Crippen LogP contribution is 2.16. The van der Waals surface area contributed by atoms with Crippen LogP contribution < -0.4 is 5.32 Å². The van der Waals surface area contributed by atoms with E-state index in [0.717, 1.165) is 25.1 Å². The van der Waals surface area contributed by atoms with Gasteiger partial charge in [-0.2, -0.15) is 0 Å². The number of carboxylic acids is 1. The molecule has 3 nitrogen and oxygen atoms in total. The summed E-state index contributed by atoms with van der Waals surface area (Å²) in [6.07, 6.45) is 4.70. The smallest absolute Gasteiger partial charge is 0.307 e. The molecule has 1 aromatic carbocycles. The summed E-state index contributed by atoms with van der Waals surface area (Å²) in [7, 11) is 0. The van der Waals surface area contributed by atoms with Gasteiger partial charge >= 0.3 is 5.97 Å². The van der Waals surface area contributed by atoms with Gasteiger partial charge in [0.15, 0.2) is 0 Å². The number of benzene rings is 1. The molecule has 0 amide bonds. The minimum absolute atomic E-state index is 0.0787. The van der Waals surface area contributed by atoms with Gasteiger partial charge in [0.05, 0.1) is 6.42 Å². The zero-order valence-electron chi connectivity index (χ0n) is 9.07. The Hall–Kier alpha value is -1.61. The van der Waals surface area contributed by atoms with Gasteiger partial charge in [-0.25, -0.2) is 0 Å². The lowest BCUT2D eigenvalue weighted by Gasteiger charge is -2.17. The molecule has 16 heavy (non-hydrogen) atoms. The molecular formula is C13H15NO2. The Kier molecular flexibility index (Phi) is 3.37. The van der Waals surface area contributed by atoms with E-state index < -0.39 is 5.97 Å². The minimum atomic E-state index is -0.795. The summed E-state index contributed by atoms with van der Waals surface area (Å²) in [5.74, 6) is -0.795. The van der Waals surface area contributed by atoms with Crippen molar-refractivity contribution in [3.63, 3.8) is 0 Å². The fraction of sp³-hybridized carbons (Fsp3) is 0.308. The second-order valence-electron chi connectivity index (χ2n) is 3.96. The SMILES string of the molecule is O=C(O)CC=Cc1ccc2c(c1)CNCC2. The van der Waals surface area contributed by atoms with E-state index in [9.17, 15) is 4.79 Å². The molecule has 1 aromatic rings. The summed E-state index contributed by atoms with van der Waals surface area (Å²) in [5.41, 5.74) is 3.79. The number of aliphatic carboxylic acids is 1. The van der Waals surface area contributed by atoms with Crippen LogP contribution >= 0.6 is 0 Å². The first-order valence-corrected chi connectivity index (χ1v) is 5.46. The standard InChI is InChI=1S/C13H15NO2/c15-13(16)3-1-2-10-4-5-11-6-7-14-9-12(11)8-10/h1-2,4-5,8,14H,3,6-7,9H2,(H,15,16). The van der Waals surface area contributed by atoms with Gasteiger partial charge in [-0.3, -0.25) is 4.79 Å². The van der Waals surface area contributed by atoms with E-state index in [4.69, 9.17) is 5.11 Å². The Bertz CT molecular complexity index is 424. The Morgan fingerprint density at radius 2 is 2.31 bits per heavy atom. The second-order valence-corrected chi connectivity index (χ2v) is 3.96. The molecule has 0 radical (unpaired) electrons. The third-order valence-electron chi connectivity index (χ3n) is 2.72. The van der Waals surface area contributed by atoms with Crippen molar-refractivity contribution in [3.05, 3.63) is 41.0 Å². The van der Waals surface area contributed by atoms with Gasteiger partial charge in [-0.1, -0.05) is 30.4 Å². The van der Waals surface area contributed by atoms with Gasteiger partial charge in [-0.05, 0) is 29.7 Å². The van der Waals surface area contributed by atoms with Gasteiger partial charge in [0.2, 0.25) is 0 Å². The lowest BCUT2D eigenvalue weighted by atomic mass is 9.98. The highest BCUT2D eigenvalue weighted by Gasteiger charge is 2.07. The molecule has 0 fully saturated rings.